The zero-order valence-corrected chi connectivity index (χ0v) is 18.3. The van der Waals surface area contributed by atoms with E-state index >= 15 is 0 Å². The minimum absolute atomic E-state index is 0.0281. The van der Waals surface area contributed by atoms with E-state index in [0.29, 0.717) is 18.1 Å². The Kier molecular flexibility index (Phi) is 5.41. The molecule has 0 saturated heterocycles. The molecule has 0 aliphatic carbocycles. The number of anilines is 1. The van der Waals surface area contributed by atoms with Crippen LogP contribution in [0.25, 0.3) is 11.3 Å². The molecule has 0 N–H and O–H groups in total. The number of hydrogen-bond acceptors (Lipinski definition) is 3. The van der Waals surface area contributed by atoms with E-state index in [4.69, 9.17) is 9.40 Å². The zero-order valence-electron chi connectivity index (χ0n) is 16.6. The monoisotopic (exact) mass is 478 g/mol. The van der Waals surface area contributed by atoms with Gasteiger partial charge in [-0.15, -0.1) is 0 Å². The van der Waals surface area contributed by atoms with Crippen LogP contribution < -0.4 is 13.8 Å². The van der Waals surface area contributed by atoms with Crippen molar-refractivity contribution < 1.29 is 13.6 Å². The number of pyridine rings is 1. The second-order valence-corrected chi connectivity index (χ2v) is 9.62. The summed E-state index contributed by atoms with van der Waals surface area (Å²) in [4.78, 5) is 19.7. The number of aryl methyl sites for hydroxylation is 1. The topological polar surface area (TPSA) is 46.3 Å². The molecule has 0 radical (unpaired) electrons. The fourth-order valence-corrected chi connectivity index (χ4v) is 5.83. The summed E-state index contributed by atoms with van der Waals surface area (Å²) in [6.45, 7) is 0.589. The Morgan fingerprint density at radius 3 is 2.58 bits per heavy atom. The van der Waals surface area contributed by atoms with E-state index in [9.17, 15) is 9.18 Å². The first-order chi connectivity index (χ1) is 15.2. The molecule has 0 saturated carbocycles. The van der Waals surface area contributed by atoms with Gasteiger partial charge < -0.3 is 0 Å². The number of rotatable bonds is 4. The molecule has 31 heavy (non-hydrogen) atoms. The number of halogens is 1. The summed E-state index contributed by atoms with van der Waals surface area (Å²) in [5.74, 6) is 0.492. The first-order valence-corrected chi connectivity index (χ1v) is 11.8. The molecular weight excluding hydrogens is 458 g/mol. The molecule has 2 aromatic heterocycles. The van der Waals surface area contributed by atoms with Crippen LogP contribution in [-0.4, -0.2) is 32.4 Å². The van der Waals surface area contributed by atoms with Gasteiger partial charge in [0.2, 0.25) is 0 Å². The zero-order chi connectivity index (χ0) is 21.2. The standard InChI is InChI=1S/C25H19FN2O2Se/c26-19-12-10-17(11-13-19)23-22(31-20-7-2-1-3-8-20)16-18-6-4-14-28(24(18)27-23)25(29)21-9-5-15-30-21/h1-3,5,7-13,15-16H,4,6,14H2. The Morgan fingerprint density at radius 1 is 1.03 bits per heavy atom. The van der Waals surface area contributed by atoms with Crippen molar-refractivity contribution in [2.75, 3.05) is 11.4 Å². The van der Waals surface area contributed by atoms with Crippen molar-refractivity contribution in [2.24, 2.45) is 0 Å². The average molecular weight is 477 g/mol. The molecular formula is C25H19FN2O2Se. The predicted octanol–water partition coefficient (Wildman–Crippen LogP) is 3.73. The minimum atomic E-state index is -0.286. The van der Waals surface area contributed by atoms with Gasteiger partial charge in [0, 0.05) is 0 Å². The van der Waals surface area contributed by atoms with E-state index in [1.165, 1.54) is 22.9 Å². The first-order valence-electron chi connectivity index (χ1n) is 10.1. The number of aromatic nitrogens is 1. The third kappa shape index (κ3) is 4.05. The molecule has 0 bridgehead atoms. The van der Waals surface area contributed by atoms with Crippen LogP contribution >= 0.6 is 0 Å². The Morgan fingerprint density at radius 2 is 1.84 bits per heavy atom. The number of amides is 1. The summed E-state index contributed by atoms with van der Waals surface area (Å²) >= 11 is 0.0281. The Balaban J connectivity index is 1.62. The van der Waals surface area contributed by atoms with Gasteiger partial charge in [-0.3, -0.25) is 0 Å². The number of hydrogen-bond donors (Lipinski definition) is 0. The summed E-state index contributed by atoms with van der Waals surface area (Å²) in [6.07, 6.45) is 3.24. The summed E-state index contributed by atoms with van der Waals surface area (Å²) in [6, 6.07) is 22.2. The van der Waals surface area contributed by atoms with Crippen LogP contribution in [0, 0.1) is 5.82 Å². The predicted molar refractivity (Wildman–Crippen MR) is 120 cm³/mol. The van der Waals surface area contributed by atoms with E-state index in [1.807, 2.05) is 18.2 Å². The number of nitrogens with zero attached hydrogens (tertiary/aromatic N) is 2. The quantitative estimate of drug-likeness (QED) is 0.421. The number of carbonyl (C=O) groups is 1. The Hall–Kier alpha value is -3.21. The van der Waals surface area contributed by atoms with E-state index in [2.05, 4.69) is 18.2 Å². The van der Waals surface area contributed by atoms with Gasteiger partial charge in [0.15, 0.2) is 0 Å². The van der Waals surface area contributed by atoms with Crippen molar-refractivity contribution >= 4 is 35.6 Å². The third-order valence-electron chi connectivity index (χ3n) is 5.19. The van der Waals surface area contributed by atoms with E-state index < -0.39 is 0 Å². The third-order valence-corrected chi connectivity index (χ3v) is 7.37. The molecule has 154 valence electrons. The summed E-state index contributed by atoms with van der Waals surface area (Å²) in [5.41, 5.74) is 2.69. The van der Waals surface area contributed by atoms with Crippen molar-refractivity contribution in [1.82, 2.24) is 4.98 Å². The second-order valence-electron chi connectivity index (χ2n) is 7.28. The van der Waals surface area contributed by atoms with Gasteiger partial charge >= 0.3 is 186 Å². The summed E-state index contributed by atoms with van der Waals surface area (Å²) in [5, 5.41) is 0. The van der Waals surface area contributed by atoms with Crippen LogP contribution in [-0.2, 0) is 6.42 Å². The Labute approximate surface area is 185 Å². The fourth-order valence-electron chi connectivity index (χ4n) is 3.71. The normalized spacial score (nSPS) is 13.1. The Bertz CT molecular complexity index is 1210. The van der Waals surface area contributed by atoms with Crippen LogP contribution in [0.4, 0.5) is 10.2 Å². The molecule has 3 heterocycles. The van der Waals surface area contributed by atoms with E-state index in [0.717, 1.165) is 34.1 Å². The van der Waals surface area contributed by atoms with Gasteiger partial charge in [0.1, 0.15) is 0 Å². The number of benzene rings is 2. The molecule has 5 rings (SSSR count). The maximum absolute atomic E-state index is 13.6. The summed E-state index contributed by atoms with van der Waals surface area (Å²) in [7, 11) is 0. The SMILES string of the molecule is O=C(c1ccco1)N1CCCc2cc([Se]c3ccccc3)c(-c3ccc(F)cc3)nc21. The molecule has 1 aliphatic rings. The van der Waals surface area contributed by atoms with Crippen molar-refractivity contribution in [3.63, 3.8) is 0 Å². The molecule has 4 nitrogen and oxygen atoms in total. The van der Waals surface area contributed by atoms with Gasteiger partial charge in [-0.1, -0.05) is 0 Å². The van der Waals surface area contributed by atoms with Crippen LogP contribution in [0.1, 0.15) is 22.5 Å². The van der Waals surface area contributed by atoms with Crippen LogP contribution in [0.15, 0.2) is 83.5 Å². The molecule has 6 heteroatoms. The van der Waals surface area contributed by atoms with Crippen LogP contribution in [0.2, 0.25) is 0 Å². The molecule has 0 spiro atoms. The number of fused-ring (bicyclic) bond motifs is 1. The number of carbonyl (C=O) groups excluding carboxylic acids is 1. The molecule has 0 atom stereocenters. The molecule has 4 aromatic rings. The molecule has 2 aromatic carbocycles. The molecule has 1 aliphatic heterocycles. The van der Waals surface area contributed by atoms with Gasteiger partial charge in [-0.25, -0.2) is 0 Å². The van der Waals surface area contributed by atoms with E-state index in [-0.39, 0.29) is 26.7 Å². The van der Waals surface area contributed by atoms with Gasteiger partial charge in [0.25, 0.3) is 0 Å². The molecule has 1 amide bonds. The van der Waals surface area contributed by atoms with Gasteiger partial charge in [0.05, 0.1) is 0 Å². The number of furan rings is 1. The molecule has 0 unspecified atom stereocenters. The van der Waals surface area contributed by atoms with Gasteiger partial charge in [-0.05, 0) is 0 Å². The van der Waals surface area contributed by atoms with E-state index in [1.54, 1.807) is 29.2 Å². The average Bonchev–Trinajstić information content (AvgIpc) is 3.34. The fraction of sp³-hybridized carbons (Fsp3) is 0.120. The maximum atomic E-state index is 13.6. The molecule has 0 fully saturated rings. The van der Waals surface area contributed by atoms with Crippen LogP contribution in [0.3, 0.4) is 0 Å². The van der Waals surface area contributed by atoms with Crippen molar-refractivity contribution in [2.45, 2.75) is 12.8 Å². The van der Waals surface area contributed by atoms with Crippen molar-refractivity contribution in [1.29, 1.82) is 0 Å². The van der Waals surface area contributed by atoms with Crippen molar-refractivity contribution in [3.8, 4) is 11.3 Å². The second kappa shape index (κ2) is 8.50. The first kappa shape index (κ1) is 19.7. The van der Waals surface area contributed by atoms with Crippen molar-refractivity contribution in [3.05, 3.63) is 96.2 Å². The van der Waals surface area contributed by atoms with Gasteiger partial charge in [-0.2, -0.15) is 0 Å². The summed E-state index contributed by atoms with van der Waals surface area (Å²) < 4.78 is 21.3. The van der Waals surface area contributed by atoms with Crippen LogP contribution in [0.5, 0.6) is 0 Å².